The van der Waals surface area contributed by atoms with Crippen LogP contribution in [0.2, 0.25) is 0 Å². The largest absolute Gasteiger partial charge is 0.478 e. The Morgan fingerprint density at radius 3 is 3.00 bits per heavy atom. The van der Waals surface area contributed by atoms with Crippen LogP contribution >= 0.6 is 0 Å². The predicted octanol–water partition coefficient (Wildman–Crippen LogP) is 1.98. The Balaban J connectivity index is 1.94. The first-order valence-corrected chi connectivity index (χ1v) is 6.42. The molecule has 2 bridgehead atoms. The predicted molar refractivity (Wildman–Crippen MR) is 63.3 cm³/mol. The van der Waals surface area contributed by atoms with Crippen LogP contribution in [0.15, 0.2) is 24.3 Å². The molecule has 3 heteroatoms. The van der Waals surface area contributed by atoms with E-state index in [1.807, 2.05) is 6.08 Å². The summed E-state index contributed by atoms with van der Waals surface area (Å²) in [7, 11) is 0. The second kappa shape index (κ2) is 3.70. The maximum atomic E-state index is 10.7. The molecule has 0 aromatic rings. The van der Waals surface area contributed by atoms with Crippen LogP contribution in [0.1, 0.15) is 25.7 Å². The van der Waals surface area contributed by atoms with Crippen molar-refractivity contribution in [2.24, 2.45) is 23.2 Å². The van der Waals surface area contributed by atoms with E-state index in [0.717, 1.165) is 19.3 Å². The molecule has 0 aliphatic heterocycles. The van der Waals surface area contributed by atoms with Gasteiger partial charge in [0, 0.05) is 17.4 Å². The number of hydrogen-bond acceptors (Lipinski definition) is 2. The molecule has 0 heterocycles. The van der Waals surface area contributed by atoms with Crippen molar-refractivity contribution in [3.05, 3.63) is 24.3 Å². The van der Waals surface area contributed by atoms with Crippen LogP contribution in [0.4, 0.5) is 0 Å². The van der Waals surface area contributed by atoms with Crippen molar-refractivity contribution in [1.29, 1.82) is 0 Å². The van der Waals surface area contributed by atoms with E-state index >= 15 is 0 Å². The SMILES string of the molecule is O=C(O)C=CC12C=CC(C1)C1CCCC(O)C12. The Labute approximate surface area is 101 Å². The lowest BCUT2D eigenvalue weighted by Gasteiger charge is -2.41. The van der Waals surface area contributed by atoms with E-state index in [1.165, 1.54) is 12.5 Å². The quantitative estimate of drug-likeness (QED) is 0.567. The summed E-state index contributed by atoms with van der Waals surface area (Å²) in [5.41, 5.74) is -0.187. The second-order valence-electron chi connectivity index (χ2n) is 5.70. The van der Waals surface area contributed by atoms with E-state index in [-0.39, 0.29) is 17.4 Å². The summed E-state index contributed by atoms with van der Waals surface area (Å²) >= 11 is 0. The van der Waals surface area contributed by atoms with Crippen LogP contribution in [0.25, 0.3) is 0 Å². The minimum Gasteiger partial charge on any atom is -0.478 e. The summed E-state index contributed by atoms with van der Waals surface area (Å²) in [4.78, 5) is 10.7. The highest BCUT2D eigenvalue weighted by Crippen LogP contribution is 2.61. The minimum absolute atomic E-state index is 0.187. The molecule has 0 spiro atoms. The third kappa shape index (κ3) is 1.56. The molecule has 0 radical (unpaired) electrons. The highest BCUT2D eigenvalue weighted by Gasteiger charge is 2.56. The van der Waals surface area contributed by atoms with Crippen LogP contribution in [-0.4, -0.2) is 22.3 Å². The third-order valence-electron chi connectivity index (χ3n) is 4.86. The summed E-state index contributed by atoms with van der Waals surface area (Å²) in [5, 5.41) is 19.0. The smallest absolute Gasteiger partial charge is 0.328 e. The Morgan fingerprint density at radius 2 is 2.24 bits per heavy atom. The van der Waals surface area contributed by atoms with E-state index in [0.29, 0.717) is 11.8 Å². The zero-order valence-corrected chi connectivity index (χ0v) is 9.75. The molecular weight excluding hydrogens is 216 g/mol. The van der Waals surface area contributed by atoms with Gasteiger partial charge < -0.3 is 10.2 Å². The lowest BCUT2D eigenvalue weighted by molar-refractivity contribution is -0.131. The fraction of sp³-hybridized carbons (Fsp3) is 0.643. The number of carboxylic acids is 1. The molecular formula is C14H18O3. The summed E-state index contributed by atoms with van der Waals surface area (Å²) in [5.74, 6) is 0.447. The molecule has 0 aromatic heterocycles. The highest BCUT2D eigenvalue weighted by atomic mass is 16.4. The molecule has 17 heavy (non-hydrogen) atoms. The van der Waals surface area contributed by atoms with Gasteiger partial charge in [0.2, 0.25) is 0 Å². The lowest BCUT2D eigenvalue weighted by Crippen LogP contribution is -2.39. The number of hydrogen-bond donors (Lipinski definition) is 2. The van der Waals surface area contributed by atoms with Gasteiger partial charge in [-0.1, -0.05) is 24.6 Å². The summed E-state index contributed by atoms with van der Waals surface area (Å²) in [6, 6.07) is 0. The van der Waals surface area contributed by atoms with Crippen LogP contribution in [0.5, 0.6) is 0 Å². The van der Waals surface area contributed by atoms with Crippen molar-refractivity contribution in [3.63, 3.8) is 0 Å². The number of aliphatic hydroxyl groups excluding tert-OH is 1. The second-order valence-corrected chi connectivity index (χ2v) is 5.70. The molecule has 2 saturated carbocycles. The van der Waals surface area contributed by atoms with Crippen molar-refractivity contribution in [1.82, 2.24) is 0 Å². The fourth-order valence-corrected chi connectivity index (χ4v) is 4.29. The summed E-state index contributed by atoms with van der Waals surface area (Å²) in [6.07, 6.45) is 11.3. The molecule has 0 aromatic carbocycles. The minimum atomic E-state index is -0.898. The zero-order chi connectivity index (χ0) is 12.0. The van der Waals surface area contributed by atoms with Crippen molar-refractivity contribution >= 4 is 5.97 Å². The molecule has 3 aliphatic rings. The maximum absolute atomic E-state index is 10.7. The Hall–Kier alpha value is -1.09. The van der Waals surface area contributed by atoms with Gasteiger partial charge in [0.15, 0.2) is 0 Å². The van der Waals surface area contributed by atoms with E-state index < -0.39 is 5.97 Å². The van der Waals surface area contributed by atoms with Crippen LogP contribution in [-0.2, 0) is 4.79 Å². The number of fused-ring (bicyclic) bond motifs is 5. The number of rotatable bonds is 2. The zero-order valence-electron chi connectivity index (χ0n) is 9.75. The molecule has 0 amide bonds. The van der Waals surface area contributed by atoms with Gasteiger partial charge in [0.05, 0.1) is 6.10 Å². The van der Waals surface area contributed by atoms with E-state index in [2.05, 4.69) is 12.2 Å². The van der Waals surface area contributed by atoms with Gasteiger partial charge in [-0.25, -0.2) is 4.79 Å². The van der Waals surface area contributed by atoms with Gasteiger partial charge in [-0.05, 0) is 31.1 Å². The monoisotopic (exact) mass is 234 g/mol. The highest BCUT2D eigenvalue weighted by molar-refractivity contribution is 5.80. The van der Waals surface area contributed by atoms with Gasteiger partial charge in [-0.3, -0.25) is 0 Å². The number of allylic oxidation sites excluding steroid dienone is 3. The molecule has 2 fully saturated rings. The first-order chi connectivity index (χ1) is 8.12. The van der Waals surface area contributed by atoms with Crippen molar-refractivity contribution in [3.8, 4) is 0 Å². The van der Waals surface area contributed by atoms with Crippen molar-refractivity contribution in [2.45, 2.75) is 31.8 Å². The average Bonchev–Trinajstić information content (AvgIpc) is 2.84. The lowest BCUT2D eigenvalue weighted by atomic mass is 9.65. The fourth-order valence-electron chi connectivity index (χ4n) is 4.29. The molecule has 5 unspecified atom stereocenters. The van der Waals surface area contributed by atoms with Gasteiger partial charge in [0.25, 0.3) is 0 Å². The van der Waals surface area contributed by atoms with E-state index in [1.54, 1.807) is 0 Å². The first kappa shape index (κ1) is 11.0. The Morgan fingerprint density at radius 1 is 1.41 bits per heavy atom. The first-order valence-electron chi connectivity index (χ1n) is 6.42. The van der Waals surface area contributed by atoms with Gasteiger partial charge in [-0.15, -0.1) is 0 Å². The summed E-state index contributed by atoms with van der Waals surface area (Å²) in [6.45, 7) is 0. The third-order valence-corrected chi connectivity index (χ3v) is 4.86. The van der Waals surface area contributed by atoms with Crippen molar-refractivity contribution < 1.29 is 15.0 Å². The van der Waals surface area contributed by atoms with Crippen LogP contribution in [0.3, 0.4) is 0 Å². The van der Waals surface area contributed by atoms with Crippen LogP contribution in [0, 0.1) is 23.2 Å². The van der Waals surface area contributed by atoms with Gasteiger partial charge in [0.1, 0.15) is 0 Å². The molecule has 3 rings (SSSR count). The number of aliphatic carboxylic acids is 1. The standard InChI is InChI=1S/C14H18O3/c15-11-3-1-2-10-9-4-6-14(8-9,13(10)11)7-5-12(16)17/h4-7,9-11,13,15H,1-3,8H2,(H,16,17). The number of carboxylic acid groups (broad SMARTS) is 1. The average molecular weight is 234 g/mol. The van der Waals surface area contributed by atoms with E-state index in [9.17, 15) is 9.90 Å². The molecule has 5 atom stereocenters. The molecule has 3 aliphatic carbocycles. The molecule has 2 N–H and O–H groups in total. The molecule has 0 saturated heterocycles. The normalized spacial score (nSPS) is 47.6. The number of carbonyl (C=O) groups is 1. The van der Waals surface area contributed by atoms with Crippen molar-refractivity contribution in [2.75, 3.05) is 0 Å². The van der Waals surface area contributed by atoms with Crippen LogP contribution < -0.4 is 0 Å². The van der Waals surface area contributed by atoms with Gasteiger partial charge in [-0.2, -0.15) is 0 Å². The summed E-state index contributed by atoms with van der Waals surface area (Å²) < 4.78 is 0. The topological polar surface area (TPSA) is 57.5 Å². The van der Waals surface area contributed by atoms with E-state index in [4.69, 9.17) is 5.11 Å². The van der Waals surface area contributed by atoms with Gasteiger partial charge >= 0.3 is 5.97 Å². The molecule has 92 valence electrons. The maximum Gasteiger partial charge on any atom is 0.328 e. The Bertz CT molecular complexity index is 398. The molecule has 3 nitrogen and oxygen atoms in total. The Kier molecular flexibility index (Phi) is 2.40. The number of aliphatic hydroxyl groups is 1.